The van der Waals surface area contributed by atoms with Gasteiger partial charge >= 0.3 is 6.18 Å². The highest BCUT2D eigenvalue weighted by Gasteiger charge is 2.44. The van der Waals surface area contributed by atoms with Crippen LogP contribution in [0.1, 0.15) is 66.2 Å². The van der Waals surface area contributed by atoms with Gasteiger partial charge in [-0.15, -0.1) is 0 Å². The molecule has 1 aliphatic rings. The lowest BCUT2D eigenvalue weighted by molar-refractivity contribution is -0.137. The maximum absolute atomic E-state index is 14.4. The van der Waals surface area contributed by atoms with Crippen molar-refractivity contribution in [3.05, 3.63) is 125 Å². The molecule has 3 amide bonds. The third-order valence-electron chi connectivity index (χ3n) is 9.78. The van der Waals surface area contributed by atoms with Crippen molar-refractivity contribution in [2.45, 2.75) is 70.5 Å². The van der Waals surface area contributed by atoms with E-state index in [9.17, 15) is 27.6 Å². The zero-order valence-electron chi connectivity index (χ0n) is 30.2. The second-order valence-corrected chi connectivity index (χ2v) is 19.2. The number of anilines is 1. The number of likely N-dealkylation sites (N-methyl/N-ethyl adjacent to an activating group) is 1. The van der Waals surface area contributed by atoms with Crippen LogP contribution in [-0.4, -0.2) is 55.0 Å². The van der Waals surface area contributed by atoms with E-state index in [1.165, 1.54) is 11.0 Å². The second-order valence-electron chi connectivity index (χ2n) is 14.3. The molecule has 0 radical (unpaired) electrons. The van der Waals surface area contributed by atoms with Gasteiger partial charge in [-0.1, -0.05) is 75.9 Å². The predicted octanol–water partition coefficient (Wildman–Crippen LogP) is 7.38. The summed E-state index contributed by atoms with van der Waals surface area (Å²) in [5.74, 6) is -1.89. The van der Waals surface area contributed by atoms with Crippen LogP contribution in [0.25, 0.3) is 5.69 Å². The topological polar surface area (TPSA) is 106 Å². The molecule has 0 saturated heterocycles. The molecule has 0 bridgehead atoms. The zero-order chi connectivity index (χ0) is 38.0. The number of nitrogens with one attached hydrogen (secondary N) is 2. The lowest BCUT2D eigenvalue weighted by Gasteiger charge is -2.38. The minimum atomic E-state index is -4.65. The fourth-order valence-corrected chi connectivity index (χ4v) is 6.80. The molecule has 5 rings (SSSR count). The maximum Gasteiger partial charge on any atom is 0.416 e. The summed E-state index contributed by atoms with van der Waals surface area (Å²) in [6.07, 6.45) is -3.01. The number of hydrogen-bond acceptors (Lipinski definition) is 5. The first-order chi connectivity index (χ1) is 24.4. The summed E-state index contributed by atoms with van der Waals surface area (Å²) >= 11 is 0. The quantitative estimate of drug-likeness (QED) is 0.124. The smallest absolute Gasteiger partial charge is 0.412 e. The first-order valence-electron chi connectivity index (χ1n) is 17.0. The van der Waals surface area contributed by atoms with Crippen molar-refractivity contribution in [2.24, 2.45) is 0 Å². The number of alkyl halides is 3. The van der Waals surface area contributed by atoms with E-state index in [0.717, 1.165) is 23.9 Å². The van der Waals surface area contributed by atoms with Crippen molar-refractivity contribution >= 4 is 31.9 Å². The second kappa shape index (κ2) is 14.9. The molecule has 2 heterocycles. The minimum Gasteiger partial charge on any atom is -0.412 e. The fourth-order valence-electron chi connectivity index (χ4n) is 5.83. The summed E-state index contributed by atoms with van der Waals surface area (Å²) in [6.45, 7) is 16.8. The number of nitrogens with zero attached hydrogens (tertiary/aromatic N) is 3. The highest BCUT2D eigenvalue weighted by molar-refractivity contribution is 6.74. The Hall–Kier alpha value is -5.01. The number of carbonyl (C=O) groups is 3. The Balaban J connectivity index is 1.48. The Morgan fingerprint density at radius 2 is 1.67 bits per heavy atom. The predicted molar refractivity (Wildman–Crippen MR) is 197 cm³/mol. The fraction of sp³-hybridized carbons (Fsp3) is 0.333. The number of hydrogen-bond donors (Lipinski definition) is 2. The van der Waals surface area contributed by atoms with E-state index < -0.39 is 43.8 Å². The normalized spacial score (nSPS) is 16.3. The molecule has 274 valence electrons. The molecule has 13 heteroatoms. The van der Waals surface area contributed by atoms with Gasteiger partial charge in [0, 0.05) is 35.7 Å². The van der Waals surface area contributed by atoms with Gasteiger partial charge in [-0.2, -0.15) is 18.3 Å². The average molecular weight is 732 g/mol. The summed E-state index contributed by atoms with van der Waals surface area (Å²) in [5.41, 5.74) is 1.80. The Bertz CT molecular complexity index is 1970. The van der Waals surface area contributed by atoms with Crippen LogP contribution in [-0.2, 0) is 26.7 Å². The molecule has 0 saturated carbocycles. The number of amides is 3. The van der Waals surface area contributed by atoms with Gasteiger partial charge < -0.3 is 15.1 Å². The van der Waals surface area contributed by atoms with E-state index in [2.05, 4.69) is 56.2 Å². The van der Waals surface area contributed by atoms with Crippen molar-refractivity contribution in [1.82, 2.24) is 20.4 Å². The van der Waals surface area contributed by atoms with Gasteiger partial charge in [-0.25, -0.2) is 4.68 Å². The number of carbonyl (C=O) groups excluding carboxylic acids is 3. The number of fused-ring (bicyclic) bond motifs is 1. The van der Waals surface area contributed by atoms with E-state index in [0.29, 0.717) is 28.1 Å². The first kappa shape index (κ1) is 38.2. The largest absolute Gasteiger partial charge is 0.416 e. The Kier molecular flexibility index (Phi) is 11.0. The van der Waals surface area contributed by atoms with Gasteiger partial charge in [-0.3, -0.25) is 19.3 Å². The van der Waals surface area contributed by atoms with Gasteiger partial charge in [0.25, 0.3) is 11.8 Å². The molecule has 3 aromatic carbocycles. The van der Waals surface area contributed by atoms with E-state index in [1.54, 1.807) is 23.9 Å². The van der Waals surface area contributed by atoms with Gasteiger partial charge in [-0.05, 0) is 66.5 Å². The minimum absolute atomic E-state index is 0.0270. The summed E-state index contributed by atoms with van der Waals surface area (Å²) < 4.78 is 48.4. The molecule has 9 nitrogen and oxygen atoms in total. The maximum atomic E-state index is 14.4. The monoisotopic (exact) mass is 731 g/mol. The van der Waals surface area contributed by atoms with Crippen LogP contribution in [0.2, 0.25) is 18.1 Å². The van der Waals surface area contributed by atoms with Crippen LogP contribution in [0.15, 0.2) is 97.2 Å². The molecule has 52 heavy (non-hydrogen) atoms. The molecule has 2 atom stereocenters. The Labute approximate surface area is 303 Å². The van der Waals surface area contributed by atoms with Crippen LogP contribution >= 0.6 is 0 Å². The van der Waals surface area contributed by atoms with Crippen LogP contribution < -0.4 is 15.5 Å². The third kappa shape index (κ3) is 8.05. The Morgan fingerprint density at radius 1 is 0.981 bits per heavy atom. The molecule has 4 aromatic rings. The molecule has 0 unspecified atom stereocenters. The number of benzene rings is 3. The summed E-state index contributed by atoms with van der Waals surface area (Å²) in [5, 5.41) is 10.3. The van der Waals surface area contributed by atoms with E-state index in [4.69, 9.17) is 4.43 Å². The summed E-state index contributed by atoms with van der Waals surface area (Å²) in [7, 11) is -2.10. The van der Waals surface area contributed by atoms with Crippen molar-refractivity contribution in [3.63, 3.8) is 0 Å². The number of para-hydroxylation sites is 1. The molecular weight excluding hydrogens is 688 g/mol. The molecule has 0 aliphatic carbocycles. The van der Waals surface area contributed by atoms with E-state index in [-0.39, 0.29) is 36.2 Å². The van der Waals surface area contributed by atoms with Crippen LogP contribution in [0.4, 0.5) is 19.0 Å². The van der Waals surface area contributed by atoms with Crippen molar-refractivity contribution < 1.29 is 32.0 Å². The summed E-state index contributed by atoms with van der Waals surface area (Å²) in [4.78, 5) is 42.5. The number of halogens is 3. The zero-order valence-corrected chi connectivity index (χ0v) is 31.2. The lowest BCUT2D eigenvalue weighted by atomic mass is 9.81. The van der Waals surface area contributed by atoms with Crippen LogP contribution in [0.3, 0.4) is 0 Å². The van der Waals surface area contributed by atoms with Gasteiger partial charge in [0.1, 0.15) is 11.9 Å². The molecule has 2 N–H and O–H groups in total. The van der Waals surface area contributed by atoms with Gasteiger partial charge in [0.05, 0.1) is 24.1 Å². The van der Waals surface area contributed by atoms with Gasteiger partial charge in [0.15, 0.2) is 8.32 Å². The first-order valence-corrected chi connectivity index (χ1v) is 20.0. The van der Waals surface area contributed by atoms with Crippen molar-refractivity contribution in [1.29, 1.82) is 0 Å². The van der Waals surface area contributed by atoms with Gasteiger partial charge in [0.2, 0.25) is 5.91 Å². The SMILES string of the molecule is C=C(CO[Si](C)(C)C(C)(C)C)C(=O)NCc1cccc([C@@H]2c3cnn(-c4ccccc4)c3N(CC)C(=O)[C@H]2NC(=O)c2cccc(C(F)(F)F)c2)c1. The average Bonchev–Trinajstić information content (AvgIpc) is 3.54. The Morgan fingerprint density at radius 3 is 2.33 bits per heavy atom. The lowest BCUT2D eigenvalue weighted by Crippen LogP contribution is -2.55. The highest BCUT2D eigenvalue weighted by atomic mass is 28.4. The van der Waals surface area contributed by atoms with Crippen molar-refractivity contribution in [2.75, 3.05) is 18.1 Å². The van der Waals surface area contributed by atoms with Crippen LogP contribution in [0.5, 0.6) is 0 Å². The third-order valence-corrected chi connectivity index (χ3v) is 14.3. The molecule has 1 aromatic heterocycles. The molecule has 0 spiro atoms. The molecule has 0 fully saturated rings. The molecular formula is C39H44F3N5O4Si. The standard InChI is InChI=1S/C39H44F3N5O4Si/c1-8-46-36-31(23-44-47(36)30-18-10-9-11-19-30)32(33(37(46)50)45-35(49)28-16-13-17-29(21-28)39(40,41)42)27-15-12-14-26(20-27)22-43-34(48)25(2)24-51-52(6,7)38(3,4)5/h9-21,23,32-33H,2,8,22,24H2,1,3-7H3,(H,43,48)(H,45,49)/t32-,33+/m1/s1. The molecule has 1 aliphatic heterocycles. The van der Waals surface area contributed by atoms with Crippen LogP contribution in [0, 0.1) is 0 Å². The number of rotatable bonds is 11. The summed E-state index contributed by atoms with van der Waals surface area (Å²) in [6, 6.07) is 19.4. The van der Waals surface area contributed by atoms with E-state index in [1.807, 2.05) is 48.5 Å². The van der Waals surface area contributed by atoms with E-state index >= 15 is 0 Å². The van der Waals surface area contributed by atoms with Crippen molar-refractivity contribution in [3.8, 4) is 5.69 Å². The highest BCUT2D eigenvalue weighted by Crippen LogP contribution is 2.42. The number of aromatic nitrogens is 2.